The van der Waals surface area contributed by atoms with Gasteiger partial charge >= 0.3 is 11.8 Å². The number of amides is 3. The summed E-state index contributed by atoms with van der Waals surface area (Å²) in [5.74, 6) is -2.12. The summed E-state index contributed by atoms with van der Waals surface area (Å²) in [4.78, 5) is 33.2. The third-order valence-electron chi connectivity index (χ3n) is 1.99. The molecule has 0 aromatic rings. The van der Waals surface area contributed by atoms with Crippen molar-refractivity contribution in [1.82, 2.24) is 10.6 Å². The van der Waals surface area contributed by atoms with Gasteiger partial charge in [-0.3, -0.25) is 14.4 Å². The van der Waals surface area contributed by atoms with Gasteiger partial charge in [0.1, 0.15) is 0 Å². The molecule has 0 aliphatic rings. The van der Waals surface area contributed by atoms with Gasteiger partial charge in [-0.2, -0.15) is 0 Å². The Morgan fingerprint density at radius 3 is 2.06 bits per heavy atom. The average Bonchev–Trinajstić information content (AvgIpc) is 2.22. The summed E-state index contributed by atoms with van der Waals surface area (Å²) in [6.07, 6.45) is 0. The second-order valence-corrected chi connectivity index (χ2v) is 3.98. The summed E-state index contributed by atoms with van der Waals surface area (Å²) >= 11 is 0. The van der Waals surface area contributed by atoms with Gasteiger partial charge in [-0.15, -0.1) is 0 Å². The maximum Gasteiger partial charge on any atom is 0.309 e. The van der Waals surface area contributed by atoms with Crippen LogP contribution in [0.25, 0.3) is 0 Å². The lowest BCUT2D eigenvalue weighted by molar-refractivity contribution is -0.139. The molecular weight excluding hydrogens is 212 g/mol. The molecule has 0 aliphatic carbocycles. The molecule has 0 bridgehead atoms. The number of carbonyl (C=O) groups excluding carboxylic acids is 3. The molecule has 0 aromatic carbocycles. The fourth-order valence-electron chi connectivity index (χ4n) is 0.735. The van der Waals surface area contributed by atoms with Crippen molar-refractivity contribution in [1.29, 1.82) is 0 Å². The number of carbonyl (C=O) groups is 3. The van der Waals surface area contributed by atoms with Crippen molar-refractivity contribution in [2.75, 3.05) is 19.6 Å². The zero-order valence-corrected chi connectivity index (χ0v) is 9.50. The SMILES string of the molecule is CC(C)(CNC(=O)C(=O)NCCN)C(N)=O. The molecule has 0 atom stereocenters. The molecule has 0 radical (unpaired) electrons. The van der Waals surface area contributed by atoms with Crippen LogP contribution < -0.4 is 22.1 Å². The Morgan fingerprint density at radius 1 is 1.12 bits per heavy atom. The van der Waals surface area contributed by atoms with E-state index >= 15 is 0 Å². The van der Waals surface area contributed by atoms with E-state index in [1.807, 2.05) is 0 Å². The molecule has 6 N–H and O–H groups in total. The number of hydrogen-bond acceptors (Lipinski definition) is 4. The van der Waals surface area contributed by atoms with Crippen molar-refractivity contribution in [3.63, 3.8) is 0 Å². The van der Waals surface area contributed by atoms with Crippen LogP contribution in [-0.2, 0) is 14.4 Å². The minimum atomic E-state index is -0.885. The smallest absolute Gasteiger partial charge is 0.309 e. The van der Waals surface area contributed by atoms with Crippen molar-refractivity contribution < 1.29 is 14.4 Å². The van der Waals surface area contributed by atoms with Gasteiger partial charge in [0.25, 0.3) is 0 Å². The zero-order valence-electron chi connectivity index (χ0n) is 9.50. The highest BCUT2D eigenvalue weighted by molar-refractivity contribution is 6.35. The molecule has 92 valence electrons. The van der Waals surface area contributed by atoms with E-state index in [1.165, 1.54) is 0 Å². The van der Waals surface area contributed by atoms with Crippen LogP contribution in [0.15, 0.2) is 0 Å². The lowest BCUT2D eigenvalue weighted by Crippen LogP contribution is -2.47. The molecule has 0 aromatic heterocycles. The van der Waals surface area contributed by atoms with Crippen LogP contribution in [-0.4, -0.2) is 37.4 Å². The van der Waals surface area contributed by atoms with E-state index in [4.69, 9.17) is 11.5 Å². The standard InChI is InChI=1S/C9H18N4O3/c1-9(2,8(11)16)5-13-7(15)6(14)12-4-3-10/h3-5,10H2,1-2H3,(H2,11,16)(H,12,14)(H,13,15). The van der Waals surface area contributed by atoms with E-state index in [9.17, 15) is 14.4 Å². The third-order valence-corrected chi connectivity index (χ3v) is 1.99. The second-order valence-electron chi connectivity index (χ2n) is 3.98. The molecular formula is C9H18N4O3. The zero-order chi connectivity index (χ0) is 12.8. The summed E-state index contributed by atoms with van der Waals surface area (Å²) < 4.78 is 0. The quantitative estimate of drug-likeness (QED) is 0.396. The first-order valence-corrected chi connectivity index (χ1v) is 4.87. The van der Waals surface area contributed by atoms with Crippen LogP contribution in [0.5, 0.6) is 0 Å². The highest BCUT2D eigenvalue weighted by atomic mass is 16.2. The summed E-state index contributed by atoms with van der Waals surface area (Å²) in [5, 5.41) is 4.63. The Bertz CT molecular complexity index is 288. The van der Waals surface area contributed by atoms with Crippen LogP contribution in [0.3, 0.4) is 0 Å². The van der Waals surface area contributed by atoms with E-state index in [-0.39, 0.29) is 19.6 Å². The minimum absolute atomic E-state index is 0.0111. The summed E-state index contributed by atoms with van der Waals surface area (Å²) in [6.45, 7) is 3.65. The van der Waals surface area contributed by atoms with Crippen LogP contribution in [0, 0.1) is 5.41 Å². The molecule has 0 rings (SSSR count). The highest BCUT2D eigenvalue weighted by Crippen LogP contribution is 2.11. The molecule has 0 saturated carbocycles. The van der Waals surface area contributed by atoms with Crippen molar-refractivity contribution in [3.8, 4) is 0 Å². The lowest BCUT2D eigenvalue weighted by Gasteiger charge is -2.20. The van der Waals surface area contributed by atoms with Gasteiger partial charge < -0.3 is 22.1 Å². The van der Waals surface area contributed by atoms with E-state index < -0.39 is 23.1 Å². The molecule has 7 heteroatoms. The highest BCUT2D eigenvalue weighted by Gasteiger charge is 2.26. The van der Waals surface area contributed by atoms with Gasteiger partial charge in [-0.25, -0.2) is 0 Å². The molecule has 0 aliphatic heterocycles. The predicted molar refractivity (Wildman–Crippen MR) is 58.0 cm³/mol. The van der Waals surface area contributed by atoms with Crippen molar-refractivity contribution in [2.24, 2.45) is 16.9 Å². The molecule has 0 spiro atoms. The average molecular weight is 230 g/mol. The number of rotatable bonds is 5. The first-order valence-electron chi connectivity index (χ1n) is 4.87. The van der Waals surface area contributed by atoms with Crippen LogP contribution in [0.1, 0.15) is 13.8 Å². The molecule has 0 heterocycles. The molecule has 0 fully saturated rings. The Labute approximate surface area is 93.9 Å². The molecule has 7 nitrogen and oxygen atoms in total. The van der Waals surface area contributed by atoms with E-state index in [2.05, 4.69) is 10.6 Å². The minimum Gasteiger partial charge on any atom is -0.369 e. The maximum absolute atomic E-state index is 11.2. The summed E-state index contributed by atoms with van der Waals surface area (Å²) in [7, 11) is 0. The van der Waals surface area contributed by atoms with Gasteiger partial charge in [0.15, 0.2) is 0 Å². The Morgan fingerprint density at radius 2 is 1.62 bits per heavy atom. The fraction of sp³-hybridized carbons (Fsp3) is 0.667. The summed E-state index contributed by atoms with van der Waals surface area (Å²) in [5.41, 5.74) is 9.37. The maximum atomic E-state index is 11.2. The monoisotopic (exact) mass is 230 g/mol. The van der Waals surface area contributed by atoms with E-state index in [1.54, 1.807) is 13.8 Å². The van der Waals surface area contributed by atoms with Crippen LogP contribution in [0.2, 0.25) is 0 Å². The molecule has 16 heavy (non-hydrogen) atoms. The van der Waals surface area contributed by atoms with Gasteiger partial charge in [-0.05, 0) is 13.8 Å². The number of primary amides is 1. The first-order chi connectivity index (χ1) is 7.31. The van der Waals surface area contributed by atoms with Crippen molar-refractivity contribution in [3.05, 3.63) is 0 Å². The Balaban J connectivity index is 4.07. The number of nitrogens with one attached hydrogen (secondary N) is 2. The van der Waals surface area contributed by atoms with Gasteiger partial charge in [0, 0.05) is 19.6 Å². The van der Waals surface area contributed by atoms with Crippen LogP contribution in [0.4, 0.5) is 0 Å². The van der Waals surface area contributed by atoms with Gasteiger partial charge in [-0.1, -0.05) is 0 Å². The predicted octanol–water partition coefficient (Wildman–Crippen LogP) is -2.31. The van der Waals surface area contributed by atoms with Crippen molar-refractivity contribution in [2.45, 2.75) is 13.8 Å². The number of hydrogen-bond donors (Lipinski definition) is 4. The second kappa shape index (κ2) is 6.06. The fourth-order valence-corrected chi connectivity index (χ4v) is 0.735. The van der Waals surface area contributed by atoms with E-state index in [0.717, 1.165) is 0 Å². The molecule has 0 unspecified atom stereocenters. The number of nitrogens with two attached hydrogens (primary N) is 2. The molecule has 0 saturated heterocycles. The van der Waals surface area contributed by atoms with Crippen molar-refractivity contribution >= 4 is 17.7 Å². The topological polar surface area (TPSA) is 127 Å². The van der Waals surface area contributed by atoms with Gasteiger partial charge in [0.2, 0.25) is 5.91 Å². The Hall–Kier alpha value is -1.63. The molecule has 3 amide bonds. The van der Waals surface area contributed by atoms with Gasteiger partial charge in [0.05, 0.1) is 5.41 Å². The lowest BCUT2D eigenvalue weighted by atomic mass is 9.93. The largest absolute Gasteiger partial charge is 0.369 e. The first kappa shape index (κ1) is 14.4. The Kier molecular flexibility index (Phi) is 5.44. The third kappa shape index (κ3) is 4.74. The summed E-state index contributed by atoms with van der Waals surface area (Å²) in [6, 6.07) is 0. The van der Waals surface area contributed by atoms with E-state index in [0.29, 0.717) is 0 Å². The van der Waals surface area contributed by atoms with Crippen LogP contribution >= 0.6 is 0 Å². The normalized spacial score (nSPS) is 10.7.